The molecular formula is C11H19N5O. The van der Waals surface area contributed by atoms with Gasteiger partial charge in [-0.2, -0.15) is 5.10 Å². The zero-order valence-corrected chi connectivity index (χ0v) is 10.1. The van der Waals surface area contributed by atoms with Gasteiger partial charge in [-0.25, -0.2) is 4.98 Å². The highest BCUT2D eigenvalue weighted by molar-refractivity contribution is 5.79. The van der Waals surface area contributed by atoms with Crippen molar-refractivity contribution in [3.05, 3.63) is 12.2 Å². The Labute approximate surface area is 101 Å². The van der Waals surface area contributed by atoms with Crippen LogP contribution in [0, 0.1) is 11.8 Å². The third kappa shape index (κ3) is 2.82. The topological polar surface area (TPSA) is 85.8 Å². The molecule has 0 saturated heterocycles. The molecule has 0 radical (unpaired) electrons. The maximum absolute atomic E-state index is 12.0. The van der Waals surface area contributed by atoms with Crippen LogP contribution in [-0.4, -0.2) is 27.2 Å². The van der Waals surface area contributed by atoms with Crippen LogP contribution in [0.1, 0.15) is 25.1 Å². The maximum atomic E-state index is 12.0. The van der Waals surface area contributed by atoms with Crippen LogP contribution in [0.25, 0.3) is 0 Å². The molecule has 1 amide bonds. The fourth-order valence-corrected chi connectivity index (χ4v) is 2.43. The Morgan fingerprint density at radius 3 is 3.12 bits per heavy atom. The van der Waals surface area contributed by atoms with Gasteiger partial charge in [0.2, 0.25) is 5.91 Å². The van der Waals surface area contributed by atoms with E-state index < -0.39 is 0 Å². The van der Waals surface area contributed by atoms with Crippen LogP contribution < -0.4 is 11.1 Å². The molecule has 1 heterocycles. The van der Waals surface area contributed by atoms with E-state index in [4.69, 9.17) is 5.73 Å². The van der Waals surface area contributed by atoms with E-state index in [9.17, 15) is 4.79 Å². The Bertz CT molecular complexity index is 389. The summed E-state index contributed by atoms with van der Waals surface area (Å²) in [5.74, 6) is 1.14. The number of nitrogens with zero attached hydrogens (tertiary/aromatic N) is 3. The highest BCUT2D eigenvalue weighted by Crippen LogP contribution is 2.30. The summed E-state index contributed by atoms with van der Waals surface area (Å²) in [6, 6.07) is 0. The molecule has 2 atom stereocenters. The van der Waals surface area contributed by atoms with Gasteiger partial charge in [0.1, 0.15) is 6.33 Å². The predicted octanol–water partition coefficient (Wildman–Crippen LogP) is -0.194. The zero-order valence-electron chi connectivity index (χ0n) is 10.1. The monoisotopic (exact) mass is 237 g/mol. The normalized spacial score (nSPS) is 23.9. The molecule has 1 aliphatic rings. The van der Waals surface area contributed by atoms with E-state index in [1.165, 1.54) is 0 Å². The number of hydrogen-bond acceptors (Lipinski definition) is 4. The largest absolute Gasteiger partial charge is 0.348 e. The number of aromatic nitrogens is 3. The van der Waals surface area contributed by atoms with Crippen LogP contribution in [0.3, 0.4) is 0 Å². The molecule has 1 aromatic rings. The van der Waals surface area contributed by atoms with E-state index in [2.05, 4.69) is 15.4 Å². The lowest BCUT2D eigenvalue weighted by Gasteiger charge is -2.16. The molecule has 0 aromatic carbocycles. The molecule has 2 rings (SSSR count). The second-order valence-electron chi connectivity index (χ2n) is 4.59. The van der Waals surface area contributed by atoms with Gasteiger partial charge in [-0.15, -0.1) is 0 Å². The SMILES string of the molecule is Cn1cnc(CNC(=O)C2CCCC2CN)n1. The molecular weight excluding hydrogens is 218 g/mol. The first-order valence-corrected chi connectivity index (χ1v) is 6.03. The molecule has 3 N–H and O–H groups in total. The number of nitrogens with one attached hydrogen (secondary N) is 1. The average Bonchev–Trinajstić information content (AvgIpc) is 2.94. The first kappa shape index (κ1) is 12.0. The van der Waals surface area contributed by atoms with E-state index in [1.54, 1.807) is 18.1 Å². The molecule has 6 nitrogen and oxygen atoms in total. The number of carbonyl (C=O) groups excluding carboxylic acids is 1. The Balaban J connectivity index is 1.84. The van der Waals surface area contributed by atoms with Crippen LogP contribution in [0.5, 0.6) is 0 Å². The number of amides is 1. The third-order valence-corrected chi connectivity index (χ3v) is 3.37. The van der Waals surface area contributed by atoms with Gasteiger partial charge in [0.25, 0.3) is 0 Å². The molecule has 0 spiro atoms. The van der Waals surface area contributed by atoms with Crippen LogP contribution in [0.2, 0.25) is 0 Å². The summed E-state index contributed by atoms with van der Waals surface area (Å²) in [5.41, 5.74) is 5.66. The summed E-state index contributed by atoms with van der Waals surface area (Å²) >= 11 is 0. The van der Waals surface area contributed by atoms with Crippen molar-refractivity contribution in [1.29, 1.82) is 0 Å². The maximum Gasteiger partial charge on any atom is 0.223 e. The van der Waals surface area contributed by atoms with Gasteiger partial charge in [0.05, 0.1) is 6.54 Å². The van der Waals surface area contributed by atoms with Crippen LogP contribution in [0.4, 0.5) is 0 Å². The number of hydrogen-bond donors (Lipinski definition) is 2. The molecule has 1 aliphatic carbocycles. The fourth-order valence-electron chi connectivity index (χ4n) is 2.43. The van der Waals surface area contributed by atoms with Crippen molar-refractivity contribution in [3.8, 4) is 0 Å². The molecule has 6 heteroatoms. The Morgan fingerprint density at radius 1 is 1.65 bits per heavy atom. The molecule has 94 valence electrons. The molecule has 0 bridgehead atoms. The lowest BCUT2D eigenvalue weighted by molar-refractivity contribution is -0.126. The van der Waals surface area contributed by atoms with Gasteiger partial charge >= 0.3 is 0 Å². The quantitative estimate of drug-likeness (QED) is 0.759. The van der Waals surface area contributed by atoms with Crippen molar-refractivity contribution in [3.63, 3.8) is 0 Å². The lowest BCUT2D eigenvalue weighted by Crippen LogP contribution is -2.34. The van der Waals surface area contributed by atoms with Gasteiger partial charge in [0, 0.05) is 13.0 Å². The number of rotatable bonds is 4. The summed E-state index contributed by atoms with van der Waals surface area (Å²) in [6.07, 6.45) is 4.74. The Morgan fingerprint density at radius 2 is 2.47 bits per heavy atom. The van der Waals surface area contributed by atoms with Crippen molar-refractivity contribution in [2.45, 2.75) is 25.8 Å². The van der Waals surface area contributed by atoms with Gasteiger partial charge in [0.15, 0.2) is 5.82 Å². The molecule has 0 aliphatic heterocycles. The first-order valence-electron chi connectivity index (χ1n) is 6.03. The van der Waals surface area contributed by atoms with Crippen LogP contribution in [-0.2, 0) is 18.4 Å². The predicted molar refractivity (Wildman–Crippen MR) is 62.7 cm³/mol. The molecule has 17 heavy (non-hydrogen) atoms. The van der Waals surface area contributed by atoms with E-state index in [-0.39, 0.29) is 11.8 Å². The minimum absolute atomic E-state index is 0.0729. The summed E-state index contributed by atoms with van der Waals surface area (Å²) < 4.78 is 1.62. The highest BCUT2D eigenvalue weighted by atomic mass is 16.1. The highest BCUT2D eigenvalue weighted by Gasteiger charge is 2.31. The van der Waals surface area contributed by atoms with Crippen molar-refractivity contribution in [2.75, 3.05) is 6.54 Å². The summed E-state index contributed by atoms with van der Waals surface area (Å²) in [4.78, 5) is 16.0. The van der Waals surface area contributed by atoms with Gasteiger partial charge < -0.3 is 11.1 Å². The van der Waals surface area contributed by atoms with E-state index in [1.807, 2.05) is 0 Å². The van der Waals surface area contributed by atoms with Gasteiger partial charge in [-0.05, 0) is 25.3 Å². The van der Waals surface area contributed by atoms with E-state index in [0.717, 1.165) is 19.3 Å². The standard InChI is InChI=1S/C11H19N5O/c1-16-7-14-10(15-16)6-13-11(17)9-4-2-3-8(9)5-12/h7-9H,2-6,12H2,1H3,(H,13,17). The van der Waals surface area contributed by atoms with E-state index in [0.29, 0.717) is 24.8 Å². The average molecular weight is 237 g/mol. The smallest absolute Gasteiger partial charge is 0.223 e. The first-order chi connectivity index (χ1) is 8.20. The molecule has 2 unspecified atom stereocenters. The number of aryl methyl sites for hydroxylation is 1. The minimum atomic E-state index is 0.0729. The Hall–Kier alpha value is -1.43. The number of carbonyl (C=O) groups is 1. The fraction of sp³-hybridized carbons (Fsp3) is 0.727. The van der Waals surface area contributed by atoms with Crippen molar-refractivity contribution in [1.82, 2.24) is 20.1 Å². The van der Waals surface area contributed by atoms with Crippen molar-refractivity contribution >= 4 is 5.91 Å². The summed E-state index contributed by atoms with van der Waals surface area (Å²) in [7, 11) is 1.81. The minimum Gasteiger partial charge on any atom is -0.348 e. The Kier molecular flexibility index (Phi) is 3.73. The summed E-state index contributed by atoms with van der Waals surface area (Å²) in [5, 5.41) is 7.00. The van der Waals surface area contributed by atoms with Gasteiger partial charge in [-0.3, -0.25) is 9.48 Å². The third-order valence-electron chi connectivity index (χ3n) is 3.37. The van der Waals surface area contributed by atoms with E-state index >= 15 is 0 Å². The van der Waals surface area contributed by atoms with Crippen molar-refractivity contribution < 1.29 is 4.79 Å². The summed E-state index contributed by atoms with van der Waals surface area (Å²) in [6.45, 7) is 0.993. The molecule has 1 aromatic heterocycles. The van der Waals surface area contributed by atoms with Gasteiger partial charge in [-0.1, -0.05) is 6.42 Å². The second-order valence-corrected chi connectivity index (χ2v) is 4.59. The lowest BCUT2D eigenvalue weighted by atomic mass is 9.95. The van der Waals surface area contributed by atoms with Crippen LogP contribution >= 0.6 is 0 Å². The second kappa shape index (κ2) is 5.27. The molecule has 1 fully saturated rings. The van der Waals surface area contributed by atoms with Crippen molar-refractivity contribution in [2.24, 2.45) is 24.6 Å². The molecule has 1 saturated carbocycles. The zero-order chi connectivity index (χ0) is 12.3. The van der Waals surface area contributed by atoms with Crippen LogP contribution in [0.15, 0.2) is 6.33 Å². The number of nitrogens with two attached hydrogens (primary N) is 1.